The van der Waals surface area contributed by atoms with Crippen LogP contribution in [0.5, 0.6) is 0 Å². The van der Waals surface area contributed by atoms with Crippen LogP contribution in [-0.2, 0) is 32.7 Å². The van der Waals surface area contributed by atoms with Gasteiger partial charge in [0.2, 0.25) is 21.8 Å². The van der Waals surface area contributed by atoms with Crippen molar-refractivity contribution in [3.05, 3.63) is 59.4 Å². The van der Waals surface area contributed by atoms with Gasteiger partial charge in [0.1, 0.15) is 0 Å². The highest BCUT2D eigenvalue weighted by molar-refractivity contribution is 7.89. The van der Waals surface area contributed by atoms with E-state index in [2.05, 4.69) is 9.71 Å². The third kappa shape index (κ3) is 4.02. The lowest BCUT2D eigenvalue weighted by Crippen LogP contribution is -2.30. The second-order valence-electron chi connectivity index (χ2n) is 8.05. The van der Waals surface area contributed by atoms with Gasteiger partial charge in [0.05, 0.1) is 23.3 Å². The van der Waals surface area contributed by atoms with Crippen molar-refractivity contribution in [2.45, 2.75) is 50.6 Å². The van der Waals surface area contributed by atoms with E-state index < -0.39 is 10.0 Å². The average molecular weight is 428 g/mol. The van der Waals surface area contributed by atoms with Crippen molar-refractivity contribution >= 4 is 21.8 Å². The second kappa shape index (κ2) is 8.28. The summed E-state index contributed by atoms with van der Waals surface area (Å²) < 4.78 is 28.3. The molecule has 1 aliphatic carbocycles. The first-order valence-corrected chi connectivity index (χ1v) is 11.7. The molecular weight excluding hydrogens is 402 g/mol. The number of sulfonamides is 1. The summed E-state index contributed by atoms with van der Waals surface area (Å²) in [5, 5.41) is 0. The molecule has 1 aromatic heterocycles. The number of nitrogens with one attached hydrogen (secondary N) is 1. The Hall–Kier alpha value is -2.58. The molecule has 0 spiro atoms. The van der Waals surface area contributed by atoms with E-state index in [1.807, 2.05) is 0 Å². The van der Waals surface area contributed by atoms with Crippen LogP contribution in [0.15, 0.2) is 47.6 Å². The minimum atomic E-state index is -3.76. The fourth-order valence-corrected chi connectivity index (χ4v) is 5.67. The number of nitrogens with zero attached hydrogens (tertiary/aromatic N) is 2. The Bertz CT molecular complexity index is 1050. The molecule has 8 heteroatoms. The average Bonchev–Trinajstić information content (AvgIpc) is 2.99. The van der Waals surface area contributed by atoms with Gasteiger partial charge in [0, 0.05) is 18.9 Å². The van der Waals surface area contributed by atoms with Crippen molar-refractivity contribution in [3.63, 3.8) is 0 Å². The Labute approximate surface area is 176 Å². The van der Waals surface area contributed by atoms with Gasteiger partial charge >= 0.3 is 0 Å². The van der Waals surface area contributed by atoms with Crippen LogP contribution < -0.4 is 4.72 Å². The number of pyridine rings is 1. The van der Waals surface area contributed by atoms with Gasteiger partial charge in [-0.25, -0.2) is 13.1 Å². The van der Waals surface area contributed by atoms with E-state index >= 15 is 0 Å². The maximum absolute atomic E-state index is 12.9. The molecule has 4 rings (SSSR count). The molecule has 1 saturated heterocycles. The SMILES string of the molecule is Cc1ccc(CN2C(=O)[C@H]3CCCC[C@@H]3C2=O)cc1S(=O)(=O)NCc1cccnc1. The lowest BCUT2D eigenvalue weighted by molar-refractivity contribution is -0.140. The van der Waals surface area contributed by atoms with E-state index in [1.165, 1.54) is 4.90 Å². The number of hydrogen-bond donors (Lipinski definition) is 1. The largest absolute Gasteiger partial charge is 0.278 e. The normalized spacial score (nSPS) is 21.7. The standard InChI is InChI=1S/C22H25N3O4S/c1-15-8-9-16(14-25-21(26)18-6-2-3-7-19(18)22(25)27)11-20(15)30(28,29)24-13-17-5-4-10-23-12-17/h4-5,8-12,18-19,24H,2-3,6-7,13-14H2,1H3/t18-,19-/m0/s1. The van der Waals surface area contributed by atoms with Crippen LogP contribution in [0.4, 0.5) is 0 Å². The molecule has 1 aliphatic heterocycles. The van der Waals surface area contributed by atoms with E-state index in [0.29, 0.717) is 11.1 Å². The fourth-order valence-electron chi connectivity index (χ4n) is 4.36. The Morgan fingerprint density at radius 1 is 1.07 bits per heavy atom. The van der Waals surface area contributed by atoms with Crippen molar-refractivity contribution < 1.29 is 18.0 Å². The second-order valence-corrected chi connectivity index (χ2v) is 9.78. The molecule has 1 N–H and O–H groups in total. The van der Waals surface area contributed by atoms with E-state index in [4.69, 9.17) is 0 Å². The van der Waals surface area contributed by atoms with Crippen molar-refractivity contribution in [1.29, 1.82) is 0 Å². The number of aromatic nitrogens is 1. The van der Waals surface area contributed by atoms with E-state index in [0.717, 1.165) is 31.2 Å². The molecule has 0 unspecified atom stereocenters. The van der Waals surface area contributed by atoms with Crippen LogP contribution in [0, 0.1) is 18.8 Å². The minimum absolute atomic E-state index is 0.107. The van der Waals surface area contributed by atoms with Gasteiger partial charge in [-0.15, -0.1) is 0 Å². The Morgan fingerprint density at radius 2 is 1.77 bits per heavy atom. The Kier molecular flexibility index (Phi) is 5.71. The number of carbonyl (C=O) groups is 2. The zero-order valence-electron chi connectivity index (χ0n) is 16.9. The maximum Gasteiger partial charge on any atom is 0.241 e. The molecule has 2 heterocycles. The van der Waals surface area contributed by atoms with Gasteiger partial charge in [-0.3, -0.25) is 19.5 Å². The summed E-state index contributed by atoms with van der Waals surface area (Å²) in [6.07, 6.45) is 6.71. The summed E-state index contributed by atoms with van der Waals surface area (Å²) in [5.41, 5.74) is 1.98. The van der Waals surface area contributed by atoms with E-state index in [1.54, 1.807) is 49.6 Å². The highest BCUT2D eigenvalue weighted by Crippen LogP contribution is 2.38. The van der Waals surface area contributed by atoms with Gasteiger partial charge in [0.15, 0.2) is 0 Å². The van der Waals surface area contributed by atoms with E-state index in [-0.39, 0.29) is 41.6 Å². The Balaban J connectivity index is 1.53. The topological polar surface area (TPSA) is 96.4 Å². The summed E-state index contributed by atoms with van der Waals surface area (Å²) >= 11 is 0. The number of rotatable bonds is 6. The number of benzene rings is 1. The first kappa shape index (κ1) is 20.7. The molecule has 0 radical (unpaired) electrons. The summed E-state index contributed by atoms with van der Waals surface area (Å²) in [7, 11) is -3.76. The van der Waals surface area contributed by atoms with Gasteiger partial charge in [-0.1, -0.05) is 31.0 Å². The Morgan fingerprint density at radius 3 is 2.40 bits per heavy atom. The molecule has 1 aromatic carbocycles. The first-order chi connectivity index (χ1) is 14.4. The lowest BCUT2D eigenvalue weighted by atomic mass is 9.81. The number of imide groups is 1. The predicted octanol–water partition coefficient (Wildman–Crippen LogP) is 2.54. The molecule has 7 nitrogen and oxygen atoms in total. The number of fused-ring (bicyclic) bond motifs is 1. The minimum Gasteiger partial charge on any atom is -0.278 e. The van der Waals surface area contributed by atoms with Gasteiger partial charge in [-0.2, -0.15) is 0 Å². The zero-order valence-corrected chi connectivity index (χ0v) is 17.7. The molecule has 158 valence electrons. The quantitative estimate of drug-likeness (QED) is 0.715. The molecule has 2 atom stereocenters. The molecule has 1 saturated carbocycles. The predicted molar refractivity (Wildman–Crippen MR) is 110 cm³/mol. The lowest BCUT2D eigenvalue weighted by Gasteiger charge is -2.19. The molecule has 2 fully saturated rings. The molecule has 2 aliphatic rings. The van der Waals surface area contributed by atoms with Gasteiger partial charge < -0.3 is 0 Å². The molecule has 2 aromatic rings. The van der Waals surface area contributed by atoms with Gasteiger partial charge in [0.25, 0.3) is 0 Å². The van der Waals surface area contributed by atoms with Crippen LogP contribution in [0.2, 0.25) is 0 Å². The van der Waals surface area contributed by atoms with Crippen LogP contribution in [-0.4, -0.2) is 30.1 Å². The van der Waals surface area contributed by atoms with Crippen LogP contribution in [0.25, 0.3) is 0 Å². The number of likely N-dealkylation sites (tertiary alicyclic amines) is 1. The highest BCUT2D eigenvalue weighted by atomic mass is 32.2. The number of carbonyl (C=O) groups excluding carboxylic acids is 2. The van der Waals surface area contributed by atoms with Crippen LogP contribution in [0.3, 0.4) is 0 Å². The van der Waals surface area contributed by atoms with E-state index in [9.17, 15) is 18.0 Å². The molecule has 2 amide bonds. The smallest absolute Gasteiger partial charge is 0.241 e. The molecular formula is C22H25N3O4S. The molecule has 30 heavy (non-hydrogen) atoms. The third-order valence-corrected chi connectivity index (χ3v) is 7.55. The molecule has 0 bridgehead atoms. The first-order valence-electron chi connectivity index (χ1n) is 10.2. The number of hydrogen-bond acceptors (Lipinski definition) is 5. The summed E-state index contributed by atoms with van der Waals surface area (Å²) in [6.45, 7) is 1.96. The number of aryl methyl sites for hydroxylation is 1. The van der Waals surface area contributed by atoms with Crippen molar-refractivity contribution in [2.24, 2.45) is 11.8 Å². The van der Waals surface area contributed by atoms with Crippen molar-refractivity contribution in [3.8, 4) is 0 Å². The van der Waals surface area contributed by atoms with Crippen LogP contribution >= 0.6 is 0 Å². The fraction of sp³-hybridized carbons (Fsp3) is 0.409. The van der Waals surface area contributed by atoms with Crippen LogP contribution in [0.1, 0.15) is 42.4 Å². The van der Waals surface area contributed by atoms with Gasteiger partial charge in [-0.05, 0) is 48.6 Å². The number of amides is 2. The summed E-state index contributed by atoms with van der Waals surface area (Å²) in [5.74, 6) is -0.657. The third-order valence-electron chi connectivity index (χ3n) is 6.00. The van der Waals surface area contributed by atoms with Crippen molar-refractivity contribution in [2.75, 3.05) is 0 Å². The summed E-state index contributed by atoms with van der Waals surface area (Å²) in [4.78, 5) is 30.9. The van der Waals surface area contributed by atoms with Crippen molar-refractivity contribution in [1.82, 2.24) is 14.6 Å². The monoisotopic (exact) mass is 427 g/mol. The zero-order chi connectivity index (χ0) is 21.3. The maximum atomic E-state index is 12.9. The summed E-state index contributed by atoms with van der Waals surface area (Å²) in [6, 6.07) is 8.59. The highest BCUT2D eigenvalue weighted by Gasteiger charge is 2.47.